The Labute approximate surface area is 336 Å². The molecule has 3 atom stereocenters. The summed E-state index contributed by atoms with van der Waals surface area (Å²) in [5, 5.41) is 6.49. The van der Waals surface area contributed by atoms with E-state index in [2.05, 4.69) is 24.1 Å². The predicted octanol–water partition coefficient (Wildman–Crippen LogP) is 1.07. The Morgan fingerprint density at radius 1 is 1.12 bits per heavy atom. The SMILES string of the molecule is CCN[C@H]1CN(CCCOC)S(=O)(=O)c2sc(S(=O)(=O)NC(C)C(=O)COC(=O)CCC(=O)O[C@@H](CNC(C)(C)C)COc3nsnc3N3CCOCC3)cc21. The molecule has 2 aromatic heterocycles. The monoisotopic (exact) mass is 867 g/mol. The summed E-state index contributed by atoms with van der Waals surface area (Å²) >= 11 is 1.61. The molecule has 0 aromatic carbocycles. The third-order valence-electron chi connectivity index (χ3n) is 8.55. The summed E-state index contributed by atoms with van der Waals surface area (Å²) in [4.78, 5) is 40.1. The van der Waals surface area contributed by atoms with Crippen LogP contribution in [0.15, 0.2) is 14.5 Å². The van der Waals surface area contributed by atoms with E-state index in [4.69, 9.17) is 23.7 Å². The van der Waals surface area contributed by atoms with E-state index < -0.39 is 69.0 Å². The fourth-order valence-electron chi connectivity index (χ4n) is 5.59. The summed E-state index contributed by atoms with van der Waals surface area (Å²) in [5.74, 6) is -1.41. The second-order valence-corrected chi connectivity index (χ2v) is 19.8. The van der Waals surface area contributed by atoms with Crippen LogP contribution in [0.25, 0.3) is 0 Å². The van der Waals surface area contributed by atoms with Gasteiger partial charge >= 0.3 is 11.9 Å². The maximum atomic E-state index is 13.4. The van der Waals surface area contributed by atoms with Crippen LogP contribution in [0.1, 0.15) is 65.5 Å². The quantitative estimate of drug-likeness (QED) is 0.111. The number of nitrogens with one attached hydrogen (secondary N) is 3. The van der Waals surface area contributed by atoms with Gasteiger partial charge in [0.2, 0.25) is 5.82 Å². The molecule has 0 radical (unpaired) electrons. The van der Waals surface area contributed by atoms with Gasteiger partial charge in [0.15, 0.2) is 12.4 Å². The third-order valence-corrected chi connectivity index (χ3v) is 14.6. The summed E-state index contributed by atoms with van der Waals surface area (Å²) in [6, 6.07) is -0.451. The van der Waals surface area contributed by atoms with Crippen molar-refractivity contribution in [3.05, 3.63) is 11.6 Å². The number of anilines is 1. The zero-order valence-electron chi connectivity index (χ0n) is 32.5. The highest BCUT2D eigenvalue weighted by atomic mass is 32.3. The van der Waals surface area contributed by atoms with Gasteiger partial charge < -0.3 is 39.2 Å². The Morgan fingerprint density at radius 3 is 2.52 bits per heavy atom. The number of hydrogen-bond acceptors (Lipinski definition) is 19. The van der Waals surface area contributed by atoms with Gasteiger partial charge in [-0.2, -0.15) is 8.68 Å². The number of fused-ring (bicyclic) bond motifs is 1. The standard InChI is InChI=1S/C33H53N7O12S4/c1-7-34-25-19-40(11-8-14-48-6)56(46,47)32-24(25)17-29(53-32)55(44,45)38-22(2)26(41)21-50-27(42)9-10-28(43)52-23(18-35-33(3,4)5)20-51-31-30(36-54-37-31)39-12-15-49-16-13-39/h17,22-23,25,34-35,38H,7-16,18-21H2,1-6H3/t22?,23-,25-/m0/s1. The molecule has 3 N–H and O–H groups in total. The number of nitrogens with zero attached hydrogens (tertiary/aromatic N) is 4. The van der Waals surface area contributed by atoms with E-state index in [0.29, 0.717) is 74.5 Å². The number of carbonyl (C=O) groups excluding carboxylic acids is 3. The number of Topliss-reactive ketones (excluding diaryl/α,β-unsaturated/α-hetero) is 1. The molecule has 0 aliphatic carbocycles. The molecule has 1 fully saturated rings. The van der Waals surface area contributed by atoms with E-state index in [9.17, 15) is 31.2 Å². The largest absolute Gasteiger partial charge is 0.470 e. The number of methoxy groups -OCH3 is 1. The average molecular weight is 868 g/mol. The summed E-state index contributed by atoms with van der Waals surface area (Å²) in [7, 11) is -6.81. The van der Waals surface area contributed by atoms with Crippen LogP contribution < -0.4 is 25.0 Å². The first kappa shape index (κ1) is 45.8. The third kappa shape index (κ3) is 13.1. The molecule has 2 aliphatic heterocycles. The van der Waals surface area contributed by atoms with Gasteiger partial charge in [-0.1, -0.05) is 6.92 Å². The zero-order chi connectivity index (χ0) is 41.1. The topological polar surface area (TPSA) is 234 Å². The molecule has 1 unspecified atom stereocenters. The lowest BCUT2D eigenvalue weighted by Crippen LogP contribution is -2.44. The minimum absolute atomic E-state index is 0.0300. The van der Waals surface area contributed by atoms with Crippen LogP contribution in [0.3, 0.4) is 0 Å². The molecule has 2 aliphatic rings. The Kier molecular flexibility index (Phi) is 16.9. The molecule has 23 heteroatoms. The van der Waals surface area contributed by atoms with E-state index in [1.54, 1.807) is 0 Å². The highest BCUT2D eigenvalue weighted by molar-refractivity contribution is 7.94. The number of rotatable bonds is 22. The van der Waals surface area contributed by atoms with E-state index in [-0.39, 0.29) is 46.6 Å². The molecule has 4 rings (SSSR count). The average Bonchev–Trinajstić information content (AvgIpc) is 3.82. The smallest absolute Gasteiger partial charge is 0.306 e. The highest BCUT2D eigenvalue weighted by Crippen LogP contribution is 2.40. The lowest BCUT2D eigenvalue weighted by atomic mass is 10.1. The molecule has 0 saturated carbocycles. The number of likely N-dealkylation sites (N-methyl/N-ethyl adjacent to an activating group) is 1. The van der Waals surface area contributed by atoms with Crippen molar-refractivity contribution in [1.29, 1.82) is 0 Å². The van der Waals surface area contributed by atoms with Gasteiger partial charge in [0.1, 0.15) is 21.1 Å². The van der Waals surface area contributed by atoms with Gasteiger partial charge in [0.05, 0.1) is 43.8 Å². The van der Waals surface area contributed by atoms with Crippen LogP contribution in [-0.4, -0.2) is 145 Å². The lowest BCUT2D eigenvalue weighted by Gasteiger charge is -2.32. The Hall–Kier alpha value is -2.87. The molecule has 4 heterocycles. The summed E-state index contributed by atoms with van der Waals surface area (Å²) in [5.41, 5.74) is 0.0454. The van der Waals surface area contributed by atoms with Gasteiger partial charge in [0.25, 0.3) is 25.9 Å². The maximum Gasteiger partial charge on any atom is 0.306 e. The summed E-state index contributed by atoms with van der Waals surface area (Å²) in [6.45, 7) is 12.1. The molecule has 316 valence electrons. The first-order valence-electron chi connectivity index (χ1n) is 18.2. The van der Waals surface area contributed by atoms with Gasteiger partial charge in [-0.15, -0.1) is 15.7 Å². The number of thiophene rings is 1. The van der Waals surface area contributed by atoms with Crippen molar-refractivity contribution in [3.8, 4) is 5.88 Å². The molecular weight excluding hydrogens is 815 g/mol. The molecule has 2 aromatic rings. The summed E-state index contributed by atoms with van der Waals surface area (Å²) < 4.78 is 92.4. The number of morpholine rings is 1. The van der Waals surface area contributed by atoms with Crippen LogP contribution >= 0.6 is 23.1 Å². The number of aromatic nitrogens is 2. The van der Waals surface area contributed by atoms with Gasteiger partial charge in [-0.25, -0.2) is 21.6 Å². The van der Waals surface area contributed by atoms with Gasteiger partial charge in [-0.05, 0) is 46.7 Å². The van der Waals surface area contributed by atoms with Crippen LogP contribution in [0, 0.1) is 0 Å². The first-order valence-corrected chi connectivity index (χ1v) is 22.7. The number of ether oxygens (including phenoxy) is 5. The van der Waals surface area contributed by atoms with Crippen molar-refractivity contribution in [2.45, 2.75) is 86.0 Å². The highest BCUT2D eigenvalue weighted by Gasteiger charge is 2.40. The summed E-state index contributed by atoms with van der Waals surface area (Å²) in [6.07, 6.45) is -1.02. The second-order valence-electron chi connectivity index (χ2n) is 14.1. The predicted molar refractivity (Wildman–Crippen MR) is 207 cm³/mol. The molecule has 19 nitrogen and oxygen atoms in total. The minimum Gasteiger partial charge on any atom is -0.470 e. The molecule has 56 heavy (non-hydrogen) atoms. The van der Waals surface area contributed by atoms with Crippen LogP contribution in [0.2, 0.25) is 0 Å². The number of sulfonamides is 2. The van der Waals surface area contributed by atoms with E-state index in [1.165, 1.54) is 24.4 Å². The van der Waals surface area contributed by atoms with Crippen LogP contribution in [0.5, 0.6) is 5.88 Å². The normalized spacial score (nSPS) is 18.5. The number of hydrogen-bond donors (Lipinski definition) is 3. The fraction of sp³-hybridized carbons (Fsp3) is 0.727. The molecular formula is C33H53N7O12S4. The second kappa shape index (κ2) is 20.7. The molecule has 1 saturated heterocycles. The van der Waals surface area contributed by atoms with Crippen LogP contribution in [0.4, 0.5) is 5.82 Å². The van der Waals surface area contributed by atoms with Crippen LogP contribution in [-0.2, 0) is 53.4 Å². The Balaban J connectivity index is 1.28. The zero-order valence-corrected chi connectivity index (χ0v) is 35.8. The minimum atomic E-state index is -4.35. The van der Waals surface area contributed by atoms with E-state index in [0.717, 1.165) is 11.7 Å². The Bertz CT molecular complexity index is 1840. The molecule has 0 bridgehead atoms. The lowest BCUT2D eigenvalue weighted by molar-refractivity contribution is -0.155. The van der Waals surface area contributed by atoms with E-state index in [1.807, 2.05) is 32.6 Å². The van der Waals surface area contributed by atoms with Crippen molar-refractivity contribution >= 4 is 66.7 Å². The fourth-order valence-corrected chi connectivity index (χ4v) is 11.2. The molecule has 0 amide bonds. The maximum absolute atomic E-state index is 13.4. The number of esters is 2. The van der Waals surface area contributed by atoms with E-state index >= 15 is 0 Å². The number of ketones is 1. The van der Waals surface area contributed by atoms with Crippen molar-refractivity contribution in [1.82, 2.24) is 28.4 Å². The van der Waals surface area contributed by atoms with Crippen molar-refractivity contribution < 1.29 is 54.9 Å². The van der Waals surface area contributed by atoms with Crippen molar-refractivity contribution in [2.24, 2.45) is 0 Å². The number of carbonyl (C=O) groups is 3. The van der Waals surface area contributed by atoms with Gasteiger partial charge in [-0.3, -0.25) is 14.4 Å². The van der Waals surface area contributed by atoms with Crippen molar-refractivity contribution in [2.75, 3.05) is 84.3 Å². The van der Waals surface area contributed by atoms with Gasteiger partial charge in [0, 0.05) is 63.6 Å². The first-order chi connectivity index (χ1) is 26.4. The van der Waals surface area contributed by atoms with Crippen molar-refractivity contribution in [3.63, 3.8) is 0 Å². The molecule has 0 spiro atoms. The Morgan fingerprint density at radius 2 is 1.84 bits per heavy atom.